The van der Waals surface area contributed by atoms with Crippen molar-refractivity contribution in [2.45, 2.75) is 0 Å². The number of thiocarbonyl (C=S) groups is 1. The first-order valence-electron chi connectivity index (χ1n) is 9.46. The number of carbonyl (C=O) groups is 3. The average Bonchev–Trinajstić information content (AvgIpc) is 3.03. The fourth-order valence-electron chi connectivity index (χ4n) is 3.20. The summed E-state index contributed by atoms with van der Waals surface area (Å²) in [5.41, 5.74) is 2.59. The van der Waals surface area contributed by atoms with Crippen molar-refractivity contribution in [3.63, 3.8) is 0 Å². The molecule has 2 N–H and O–H groups in total. The minimum Gasteiger partial charge on any atom is -0.332 e. The Kier molecular flexibility index (Phi) is 5.68. The Morgan fingerprint density at radius 3 is 2.16 bits per heavy atom. The number of benzene rings is 3. The number of carbonyl (C=O) groups excluding carboxylic acids is 3. The number of rotatable bonds is 4. The van der Waals surface area contributed by atoms with Gasteiger partial charge in [-0.3, -0.25) is 19.7 Å². The molecule has 0 atom stereocenters. The number of hydrogen-bond acceptors (Lipinski definition) is 4. The Hall–Kier alpha value is -4.10. The van der Waals surface area contributed by atoms with Gasteiger partial charge in [0, 0.05) is 11.8 Å². The van der Waals surface area contributed by atoms with Crippen molar-refractivity contribution in [2.24, 2.45) is 0 Å². The molecule has 0 radical (unpaired) electrons. The van der Waals surface area contributed by atoms with Crippen LogP contribution in [0, 0.1) is 0 Å². The van der Waals surface area contributed by atoms with Crippen molar-refractivity contribution in [1.82, 2.24) is 5.32 Å². The van der Waals surface area contributed by atoms with Gasteiger partial charge in [0.2, 0.25) is 5.91 Å². The van der Waals surface area contributed by atoms with Crippen LogP contribution in [0.1, 0.15) is 26.3 Å². The highest BCUT2D eigenvalue weighted by molar-refractivity contribution is 7.80. The van der Waals surface area contributed by atoms with E-state index in [0.717, 1.165) is 10.5 Å². The van der Waals surface area contributed by atoms with Gasteiger partial charge in [-0.05, 0) is 54.2 Å². The van der Waals surface area contributed by atoms with Crippen molar-refractivity contribution in [3.05, 3.63) is 102 Å². The minimum atomic E-state index is -0.377. The summed E-state index contributed by atoms with van der Waals surface area (Å²) in [4.78, 5) is 38.5. The van der Waals surface area contributed by atoms with Crippen LogP contribution >= 0.6 is 12.2 Å². The monoisotopic (exact) mass is 427 g/mol. The second-order valence-corrected chi connectivity index (χ2v) is 7.14. The normalized spacial score (nSPS) is 12.7. The van der Waals surface area contributed by atoms with Gasteiger partial charge in [0.15, 0.2) is 5.11 Å². The molecular formula is C24H17N3O3S. The summed E-state index contributed by atoms with van der Waals surface area (Å²) in [5.74, 6) is -1.13. The van der Waals surface area contributed by atoms with Crippen LogP contribution in [0.2, 0.25) is 0 Å². The van der Waals surface area contributed by atoms with Crippen molar-refractivity contribution in [2.75, 3.05) is 10.2 Å². The van der Waals surface area contributed by atoms with Gasteiger partial charge in [-0.1, -0.05) is 48.5 Å². The third-order valence-corrected chi connectivity index (χ3v) is 4.82. The van der Waals surface area contributed by atoms with Crippen LogP contribution < -0.4 is 15.5 Å². The van der Waals surface area contributed by atoms with E-state index in [-0.39, 0.29) is 22.8 Å². The molecule has 0 aliphatic carbocycles. The Morgan fingerprint density at radius 2 is 1.48 bits per heavy atom. The first kappa shape index (κ1) is 20.2. The van der Waals surface area contributed by atoms with Gasteiger partial charge in [0.25, 0.3) is 11.8 Å². The van der Waals surface area contributed by atoms with Crippen molar-refractivity contribution < 1.29 is 14.4 Å². The molecule has 0 unspecified atom stereocenters. The largest absolute Gasteiger partial charge is 0.332 e. The zero-order chi connectivity index (χ0) is 21.8. The van der Waals surface area contributed by atoms with Gasteiger partial charge < -0.3 is 5.32 Å². The molecule has 0 spiro atoms. The van der Waals surface area contributed by atoms with Gasteiger partial charge in [0.1, 0.15) is 0 Å². The second-order valence-electron chi connectivity index (χ2n) is 6.73. The Balaban J connectivity index is 1.43. The van der Waals surface area contributed by atoms with Crippen molar-refractivity contribution in [1.29, 1.82) is 0 Å². The maximum Gasteiger partial charge on any atom is 0.266 e. The molecule has 0 fully saturated rings. The number of hydrogen-bond donors (Lipinski definition) is 2. The summed E-state index contributed by atoms with van der Waals surface area (Å²) in [5, 5.41) is 5.57. The first-order valence-corrected chi connectivity index (χ1v) is 9.87. The summed E-state index contributed by atoms with van der Waals surface area (Å²) < 4.78 is 0. The van der Waals surface area contributed by atoms with E-state index < -0.39 is 0 Å². The van der Waals surface area contributed by atoms with Crippen LogP contribution in [0.4, 0.5) is 11.4 Å². The standard InChI is InChI=1S/C24H17N3O3S/c28-21(14-13-16-7-2-1-3-8-16)26-24(31)25-17-9-6-10-18(15-17)27-22(29)19-11-4-5-12-20(19)23(27)30/h1-15H,(H2,25,26,28,31)/b14-13+. The van der Waals surface area contributed by atoms with Crippen LogP contribution in [0.3, 0.4) is 0 Å². The van der Waals surface area contributed by atoms with E-state index in [9.17, 15) is 14.4 Å². The number of amides is 3. The molecule has 6 nitrogen and oxygen atoms in total. The lowest BCUT2D eigenvalue weighted by Gasteiger charge is -2.16. The van der Waals surface area contributed by atoms with Gasteiger partial charge in [-0.15, -0.1) is 0 Å². The molecule has 1 aliphatic rings. The molecule has 3 amide bonds. The number of anilines is 2. The topological polar surface area (TPSA) is 78.5 Å². The van der Waals surface area contributed by atoms with E-state index in [1.165, 1.54) is 6.08 Å². The quantitative estimate of drug-likeness (QED) is 0.374. The zero-order valence-corrected chi connectivity index (χ0v) is 17.1. The maximum absolute atomic E-state index is 12.7. The fourth-order valence-corrected chi connectivity index (χ4v) is 3.42. The SMILES string of the molecule is O=C(/C=C/c1ccccc1)NC(=S)Nc1cccc(N2C(=O)c3ccccc3C2=O)c1. The Morgan fingerprint density at radius 1 is 0.839 bits per heavy atom. The van der Waals surface area contributed by atoms with E-state index in [1.807, 2.05) is 30.3 Å². The second kappa shape index (κ2) is 8.73. The van der Waals surface area contributed by atoms with E-state index in [0.29, 0.717) is 22.5 Å². The minimum absolute atomic E-state index is 0.0993. The first-order chi connectivity index (χ1) is 15.0. The summed E-state index contributed by atoms with van der Waals surface area (Å²) in [6.07, 6.45) is 3.07. The number of nitrogens with one attached hydrogen (secondary N) is 2. The summed E-state index contributed by atoms with van der Waals surface area (Å²) in [7, 11) is 0. The highest BCUT2D eigenvalue weighted by atomic mass is 32.1. The molecular weight excluding hydrogens is 410 g/mol. The van der Waals surface area contributed by atoms with Crippen LogP contribution in [-0.2, 0) is 4.79 Å². The zero-order valence-electron chi connectivity index (χ0n) is 16.2. The predicted molar refractivity (Wildman–Crippen MR) is 124 cm³/mol. The molecule has 0 bridgehead atoms. The number of imide groups is 1. The molecule has 3 aromatic rings. The lowest BCUT2D eigenvalue weighted by molar-refractivity contribution is -0.115. The smallest absolute Gasteiger partial charge is 0.266 e. The summed E-state index contributed by atoms with van der Waals surface area (Å²) in [6, 6.07) is 22.8. The van der Waals surface area contributed by atoms with E-state index >= 15 is 0 Å². The predicted octanol–water partition coefficient (Wildman–Crippen LogP) is 4.01. The molecule has 3 aromatic carbocycles. The molecule has 1 aliphatic heterocycles. The highest BCUT2D eigenvalue weighted by Gasteiger charge is 2.36. The average molecular weight is 427 g/mol. The Labute approximate surface area is 184 Å². The summed E-state index contributed by atoms with van der Waals surface area (Å²) in [6.45, 7) is 0. The molecule has 0 aromatic heterocycles. The molecule has 4 rings (SSSR count). The maximum atomic E-state index is 12.7. The Bertz CT molecular complexity index is 1190. The van der Waals surface area contributed by atoms with E-state index in [2.05, 4.69) is 10.6 Å². The van der Waals surface area contributed by atoms with Crippen molar-refractivity contribution >= 4 is 52.5 Å². The molecule has 7 heteroatoms. The van der Waals surface area contributed by atoms with Gasteiger partial charge in [-0.2, -0.15) is 0 Å². The number of nitrogens with zero attached hydrogens (tertiary/aromatic N) is 1. The third kappa shape index (κ3) is 4.41. The lowest BCUT2D eigenvalue weighted by Crippen LogP contribution is -2.33. The summed E-state index contributed by atoms with van der Waals surface area (Å²) >= 11 is 5.20. The van der Waals surface area contributed by atoms with Crippen LogP contribution in [0.25, 0.3) is 6.08 Å². The molecule has 0 saturated carbocycles. The molecule has 1 heterocycles. The molecule has 31 heavy (non-hydrogen) atoms. The van der Waals surface area contributed by atoms with Crippen LogP contribution in [0.5, 0.6) is 0 Å². The third-order valence-electron chi connectivity index (χ3n) is 4.62. The van der Waals surface area contributed by atoms with Crippen LogP contribution in [0.15, 0.2) is 84.9 Å². The van der Waals surface area contributed by atoms with Crippen molar-refractivity contribution in [3.8, 4) is 0 Å². The van der Waals surface area contributed by atoms with Gasteiger partial charge >= 0.3 is 0 Å². The molecule has 0 saturated heterocycles. The number of fused-ring (bicyclic) bond motifs is 1. The van der Waals surface area contributed by atoms with Crippen LogP contribution in [-0.4, -0.2) is 22.8 Å². The lowest BCUT2D eigenvalue weighted by atomic mass is 10.1. The fraction of sp³-hybridized carbons (Fsp3) is 0. The van der Waals surface area contributed by atoms with Gasteiger partial charge in [0.05, 0.1) is 16.8 Å². The van der Waals surface area contributed by atoms with E-state index in [1.54, 1.807) is 54.6 Å². The highest BCUT2D eigenvalue weighted by Crippen LogP contribution is 2.29. The van der Waals surface area contributed by atoms with Gasteiger partial charge in [-0.25, -0.2) is 4.90 Å². The van der Waals surface area contributed by atoms with E-state index in [4.69, 9.17) is 12.2 Å². The molecule has 152 valence electrons.